The van der Waals surface area contributed by atoms with Gasteiger partial charge in [0.05, 0.1) is 11.1 Å². The first kappa shape index (κ1) is 20.0. The molecule has 0 atom stereocenters. The molecule has 2 heterocycles. The number of anilines is 1. The number of nitrogens with one attached hydrogen (secondary N) is 1. The summed E-state index contributed by atoms with van der Waals surface area (Å²) in [5.41, 5.74) is 2.10. The molecule has 158 valence electrons. The van der Waals surface area contributed by atoms with Crippen LogP contribution in [-0.4, -0.2) is 28.4 Å². The zero-order chi connectivity index (χ0) is 21.6. The highest BCUT2D eigenvalue weighted by atomic mass is 35.5. The van der Waals surface area contributed by atoms with Crippen LogP contribution in [0, 0.1) is 5.82 Å². The van der Waals surface area contributed by atoms with Crippen molar-refractivity contribution in [1.29, 1.82) is 0 Å². The molecule has 5 rings (SSSR count). The zero-order valence-electron chi connectivity index (χ0n) is 16.3. The monoisotopic (exact) mass is 456 g/mol. The second-order valence-corrected chi connectivity index (χ2v) is 9.73. The van der Waals surface area contributed by atoms with Gasteiger partial charge in [-0.15, -0.1) is 0 Å². The van der Waals surface area contributed by atoms with Crippen LogP contribution < -0.4 is 5.32 Å². The largest absolute Gasteiger partial charge is 0.367 e. The summed E-state index contributed by atoms with van der Waals surface area (Å²) < 4.78 is 41.4. The van der Waals surface area contributed by atoms with Crippen molar-refractivity contribution in [1.82, 2.24) is 13.9 Å². The minimum Gasteiger partial charge on any atom is -0.367 e. The van der Waals surface area contributed by atoms with Gasteiger partial charge in [0.2, 0.25) is 15.3 Å². The summed E-state index contributed by atoms with van der Waals surface area (Å²) in [6.07, 6.45) is 3.52. The summed E-state index contributed by atoms with van der Waals surface area (Å²) in [6, 6.07) is 15.1. The Bertz CT molecular complexity index is 1370. The fraction of sp³-hybridized carbons (Fsp3) is 0.182. The lowest BCUT2D eigenvalue weighted by molar-refractivity contribution is 0.588. The normalized spacial score (nSPS) is 14.1. The van der Waals surface area contributed by atoms with Crippen molar-refractivity contribution in [2.24, 2.45) is 0 Å². The number of hydrogen-bond donors (Lipinski definition) is 1. The molecule has 0 radical (unpaired) electrons. The molecule has 1 aliphatic rings. The second kappa shape index (κ2) is 7.62. The molecule has 0 unspecified atom stereocenters. The van der Waals surface area contributed by atoms with Gasteiger partial charge in [0.15, 0.2) is 5.65 Å². The summed E-state index contributed by atoms with van der Waals surface area (Å²) >= 11 is 6.17. The number of benzene rings is 2. The van der Waals surface area contributed by atoms with Crippen molar-refractivity contribution in [2.45, 2.75) is 24.6 Å². The van der Waals surface area contributed by atoms with Crippen LogP contribution in [0.15, 0.2) is 60.8 Å². The van der Waals surface area contributed by atoms with Crippen molar-refractivity contribution in [2.75, 3.05) is 5.32 Å². The Morgan fingerprint density at radius 1 is 1.06 bits per heavy atom. The average Bonchev–Trinajstić information content (AvgIpc) is 3.46. The van der Waals surface area contributed by atoms with E-state index in [-0.39, 0.29) is 28.5 Å². The van der Waals surface area contributed by atoms with Gasteiger partial charge >= 0.3 is 0 Å². The van der Waals surface area contributed by atoms with E-state index in [0.717, 1.165) is 16.8 Å². The van der Waals surface area contributed by atoms with Gasteiger partial charge in [-0.05, 0) is 47.7 Å². The van der Waals surface area contributed by atoms with Gasteiger partial charge in [-0.2, -0.15) is 4.98 Å². The smallest absolute Gasteiger partial charge is 0.244 e. The third-order valence-electron chi connectivity index (χ3n) is 5.15. The fourth-order valence-electron chi connectivity index (χ4n) is 3.51. The maximum Gasteiger partial charge on any atom is 0.244 e. The molecule has 1 N–H and O–H groups in total. The van der Waals surface area contributed by atoms with Crippen LogP contribution in [0.3, 0.4) is 0 Å². The van der Waals surface area contributed by atoms with E-state index in [2.05, 4.69) is 15.3 Å². The first-order chi connectivity index (χ1) is 14.9. The molecule has 1 fully saturated rings. The molecule has 1 saturated carbocycles. The summed E-state index contributed by atoms with van der Waals surface area (Å²) in [6.45, 7) is 0. The summed E-state index contributed by atoms with van der Waals surface area (Å²) in [5, 5.41) is 3.81. The van der Waals surface area contributed by atoms with Crippen molar-refractivity contribution in [3.63, 3.8) is 0 Å². The van der Waals surface area contributed by atoms with Gasteiger partial charge in [0.25, 0.3) is 0 Å². The molecule has 0 amide bonds. The predicted molar refractivity (Wildman–Crippen MR) is 119 cm³/mol. The lowest BCUT2D eigenvalue weighted by Gasteiger charge is -2.09. The first-order valence-electron chi connectivity index (χ1n) is 9.79. The highest BCUT2D eigenvalue weighted by Crippen LogP contribution is 2.38. The molecule has 31 heavy (non-hydrogen) atoms. The average molecular weight is 457 g/mol. The van der Waals surface area contributed by atoms with Crippen LogP contribution in [0.5, 0.6) is 0 Å². The molecule has 9 heteroatoms. The summed E-state index contributed by atoms with van der Waals surface area (Å²) in [7, 11) is -3.82. The number of fused-ring (bicyclic) bond motifs is 1. The van der Waals surface area contributed by atoms with Gasteiger partial charge in [-0.3, -0.25) is 0 Å². The number of hydrogen-bond acceptors (Lipinski definition) is 5. The van der Waals surface area contributed by atoms with Crippen molar-refractivity contribution >= 4 is 38.5 Å². The van der Waals surface area contributed by atoms with Crippen molar-refractivity contribution in [3.8, 4) is 11.1 Å². The summed E-state index contributed by atoms with van der Waals surface area (Å²) in [5.74, 6) is -0.0988. The SMILES string of the molecule is O=S(=O)(Cc1ccccc1)n1cc(-c2ccc(F)cc2)c2c(NC3CC3)nc(Cl)nc21. The summed E-state index contributed by atoms with van der Waals surface area (Å²) in [4.78, 5) is 8.59. The van der Waals surface area contributed by atoms with Crippen LogP contribution in [0.2, 0.25) is 5.28 Å². The van der Waals surface area contributed by atoms with Crippen molar-refractivity contribution in [3.05, 3.63) is 77.5 Å². The standard InChI is InChI=1S/C22H18ClFN4O2S/c23-22-26-20(25-17-10-11-17)19-18(15-6-8-16(24)9-7-15)12-28(21(19)27-22)31(29,30)13-14-4-2-1-3-5-14/h1-9,12,17H,10-11,13H2,(H,25,26,27). The van der Waals surface area contributed by atoms with Gasteiger partial charge in [0, 0.05) is 17.8 Å². The first-order valence-corrected chi connectivity index (χ1v) is 11.8. The molecule has 0 aliphatic heterocycles. The quantitative estimate of drug-likeness (QED) is 0.420. The third kappa shape index (κ3) is 4.00. The highest BCUT2D eigenvalue weighted by Gasteiger charge is 2.28. The molecular weight excluding hydrogens is 439 g/mol. The molecule has 1 aliphatic carbocycles. The van der Waals surface area contributed by atoms with E-state index >= 15 is 0 Å². The van der Waals surface area contributed by atoms with E-state index in [1.54, 1.807) is 36.4 Å². The van der Waals surface area contributed by atoms with Gasteiger partial charge in [-0.25, -0.2) is 21.8 Å². The topological polar surface area (TPSA) is 76.9 Å². The van der Waals surface area contributed by atoms with Gasteiger partial charge < -0.3 is 5.32 Å². The van der Waals surface area contributed by atoms with E-state index in [1.807, 2.05) is 6.07 Å². The molecule has 2 aromatic carbocycles. The molecule has 6 nitrogen and oxygen atoms in total. The number of aromatic nitrogens is 3. The zero-order valence-corrected chi connectivity index (χ0v) is 17.9. The lowest BCUT2D eigenvalue weighted by atomic mass is 10.1. The molecule has 0 saturated heterocycles. The Kier molecular flexibility index (Phi) is 4.91. The van der Waals surface area contributed by atoms with Crippen LogP contribution in [0.25, 0.3) is 22.2 Å². The molecular formula is C22H18ClFN4O2S. The van der Waals surface area contributed by atoms with Crippen LogP contribution in [-0.2, 0) is 15.8 Å². The Balaban J connectivity index is 1.73. The maximum absolute atomic E-state index is 13.5. The molecule has 0 spiro atoms. The minimum absolute atomic E-state index is 0.0458. The highest BCUT2D eigenvalue weighted by molar-refractivity contribution is 7.89. The van der Waals surface area contributed by atoms with Gasteiger partial charge in [-0.1, -0.05) is 42.5 Å². The van der Waals surface area contributed by atoms with Crippen LogP contribution in [0.4, 0.5) is 10.2 Å². The molecule has 0 bridgehead atoms. The number of nitrogens with zero attached hydrogens (tertiary/aromatic N) is 3. The van der Waals surface area contributed by atoms with Gasteiger partial charge in [0.1, 0.15) is 11.6 Å². The Morgan fingerprint density at radius 3 is 2.45 bits per heavy atom. The van der Waals surface area contributed by atoms with Crippen LogP contribution >= 0.6 is 11.6 Å². The third-order valence-corrected chi connectivity index (χ3v) is 6.90. The van der Waals surface area contributed by atoms with E-state index in [1.165, 1.54) is 18.3 Å². The maximum atomic E-state index is 13.5. The van der Waals surface area contributed by atoms with E-state index in [4.69, 9.17) is 11.6 Å². The fourth-order valence-corrected chi connectivity index (χ4v) is 5.09. The number of rotatable bonds is 6. The van der Waals surface area contributed by atoms with Crippen molar-refractivity contribution < 1.29 is 12.8 Å². The lowest BCUT2D eigenvalue weighted by Crippen LogP contribution is -2.15. The Labute approximate surface area is 183 Å². The Hall–Kier alpha value is -2.97. The second-order valence-electron chi connectivity index (χ2n) is 7.55. The Morgan fingerprint density at radius 2 is 1.77 bits per heavy atom. The predicted octanol–water partition coefficient (Wildman–Crippen LogP) is 4.84. The van der Waals surface area contributed by atoms with E-state index in [0.29, 0.717) is 27.9 Å². The minimum atomic E-state index is -3.82. The van der Waals surface area contributed by atoms with E-state index < -0.39 is 10.0 Å². The molecule has 4 aromatic rings. The van der Waals surface area contributed by atoms with E-state index in [9.17, 15) is 12.8 Å². The molecule has 2 aromatic heterocycles. The number of halogens is 2. The van der Waals surface area contributed by atoms with Crippen LogP contribution in [0.1, 0.15) is 18.4 Å².